The number of hydrogen-bond donors (Lipinski definition) is 1. The Morgan fingerprint density at radius 3 is 2.63 bits per heavy atom. The number of halogens is 1. The molecule has 0 saturated carbocycles. The van der Waals surface area contributed by atoms with Crippen molar-refractivity contribution >= 4 is 16.6 Å². The van der Waals surface area contributed by atoms with Crippen molar-refractivity contribution in [2.45, 2.75) is 20.3 Å². The van der Waals surface area contributed by atoms with Crippen LogP contribution in [0.3, 0.4) is 0 Å². The van der Waals surface area contributed by atoms with Crippen molar-refractivity contribution in [2.75, 3.05) is 19.5 Å². The first-order chi connectivity index (χ1) is 9.05. The summed E-state index contributed by atoms with van der Waals surface area (Å²) in [5, 5.41) is 4.01. The quantitative estimate of drug-likeness (QED) is 0.913. The first-order valence-electron chi connectivity index (χ1n) is 6.40. The zero-order valence-corrected chi connectivity index (χ0v) is 11.7. The van der Waals surface area contributed by atoms with Gasteiger partial charge in [0, 0.05) is 29.9 Å². The summed E-state index contributed by atoms with van der Waals surface area (Å²) in [6, 6.07) is 5.13. The summed E-state index contributed by atoms with van der Waals surface area (Å²) >= 11 is 0. The molecule has 1 aromatic heterocycles. The van der Waals surface area contributed by atoms with E-state index in [-0.39, 0.29) is 11.6 Å². The molecule has 2 rings (SSSR count). The average molecular weight is 262 g/mol. The van der Waals surface area contributed by atoms with Gasteiger partial charge in [-0.2, -0.15) is 0 Å². The Balaban J connectivity index is 2.63. The van der Waals surface area contributed by atoms with E-state index in [0.717, 1.165) is 23.2 Å². The fourth-order valence-electron chi connectivity index (χ4n) is 2.17. The maximum absolute atomic E-state index is 13.8. The van der Waals surface area contributed by atoms with E-state index >= 15 is 0 Å². The second-order valence-electron chi connectivity index (χ2n) is 5.01. The Morgan fingerprint density at radius 2 is 2.05 bits per heavy atom. The van der Waals surface area contributed by atoms with Gasteiger partial charge in [-0.1, -0.05) is 13.8 Å². The third-order valence-electron chi connectivity index (χ3n) is 3.02. The van der Waals surface area contributed by atoms with E-state index in [1.807, 2.05) is 13.1 Å². The predicted molar refractivity (Wildman–Crippen MR) is 76.3 cm³/mol. The number of pyridine rings is 1. The maximum Gasteiger partial charge on any atom is 0.167 e. The Morgan fingerprint density at radius 1 is 1.32 bits per heavy atom. The number of aromatic nitrogens is 1. The summed E-state index contributed by atoms with van der Waals surface area (Å²) in [6.45, 7) is 4.28. The molecule has 0 unspecified atom stereocenters. The van der Waals surface area contributed by atoms with E-state index in [9.17, 15) is 4.39 Å². The minimum absolute atomic E-state index is 0.238. The van der Waals surface area contributed by atoms with Gasteiger partial charge in [0.2, 0.25) is 0 Å². The van der Waals surface area contributed by atoms with Gasteiger partial charge in [-0.15, -0.1) is 0 Å². The molecule has 4 heteroatoms. The van der Waals surface area contributed by atoms with Crippen LogP contribution in [0.4, 0.5) is 10.1 Å². The molecule has 2 aromatic rings. The molecule has 19 heavy (non-hydrogen) atoms. The van der Waals surface area contributed by atoms with E-state index < -0.39 is 0 Å². The molecule has 1 N–H and O–H groups in total. The summed E-state index contributed by atoms with van der Waals surface area (Å²) in [5.41, 5.74) is 2.57. The number of rotatable bonds is 4. The third kappa shape index (κ3) is 2.78. The normalized spacial score (nSPS) is 11.1. The Hall–Kier alpha value is -1.84. The number of hydrogen-bond acceptors (Lipinski definition) is 3. The Kier molecular flexibility index (Phi) is 3.88. The molecule has 0 aliphatic heterocycles. The lowest BCUT2D eigenvalue weighted by Crippen LogP contribution is -2.01. The fraction of sp³-hybridized carbons (Fsp3) is 0.400. The molecule has 1 aromatic carbocycles. The standard InChI is InChI=1S/C15H19FN2O/c1-9(2)5-10-6-13(17-3)11-7-15(19-4)12(16)8-14(11)18-10/h6-9H,5H2,1-4H3,(H,17,18). The fourth-order valence-corrected chi connectivity index (χ4v) is 2.17. The van der Waals surface area contributed by atoms with Crippen molar-refractivity contribution in [1.82, 2.24) is 4.98 Å². The van der Waals surface area contributed by atoms with E-state index in [0.29, 0.717) is 11.4 Å². The van der Waals surface area contributed by atoms with Crippen LogP contribution in [0.15, 0.2) is 18.2 Å². The second kappa shape index (κ2) is 5.43. The van der Waals surface area contributed by atoms with Gasteiger partial charge < -0.3 is 10.1 Å². The molecule has 3 nitrogen and oxygen atoms in total. The molecular weight excluding hydrogens is 243 g/mol. The largest absolute Gasteiger partial charge is 0.494 e. The van der Waals surface area contributed by atoms with Gasteiger partial charge in [-0.05, 0) is 24.5 Å². The first kappa shape index (κ1) is 13.6. The van der Waals surface area contributed by atoms with Gasteiger partial charge in [-0.25, -0.2) is 4.39 Å². The van der Waals surface area contributed by atoms with Gasteiger partial charge in [-0.3, -0.25) is 4.98 Å². The van der Waals surface area contributed by atoms with E-state index in [2.05, 4.69) is 24.1 Å². The van der Waals surface area contributed by atoms with E-state index in [1.54, 1.807) is 6.07 Å². The summed E-state index contributed by atoms with van der Waals surface area (Å²) in [4.78, 5) is 4.52. The van der Waals surface area contributed by atoms with Crippen LogP contribution in [0.5, 0.6) is 5.75 Å². The van der Waals surface area contributed by atoms with Crippen LogP contribution in [-0.4, -0.2) is 19.1 Å². The maximum atomic E-state index is 13.8. The number of ether oxygens (including phenoxy) is 1. The van der Waals surface area contributed by atoms with Crippen molar-refractivity contribution in [2.24, 2.45) is 5.92 Å². The average Bonchev–Trinajstić information content (AvgIpc) is 2.36. The number of nitrogens with one attached hydrogen (secondary N) is 1. The minimum atomic E-state index is -0.383. The molecule has 0 aliphatic carbocycles. The monoisotopic (exact) mass is 262 g/mol. The van der Waals surface area contributed by atoms with E-state index in [1.165, 1.54) is 13.2 Å². The van der Waals surface area contributed by atoms with Gasteiger partial charge in [0.25, 0.3) is 0 Å². The lowest BCUT2D eigenvalue weighted by atomic mass is 10.1. The number of methoxy groups -OCH3 is 1. The lowest BCUT2D eigenvalue weighted by molar-refractivity contribution is 0.387. The van der Waals surface area contributed by atoms with Crippen LogP contribution in [0.25, 0.3) is 10.9 Å². The number of benzene rings is 1. The van der Waals surface area contributed by atoms with Crippen molar-refractivity contribution in [3.05, 3.63) is 29.7 Å². The molecule has 0 radical (unpaired) electrons. The molecular formula is C15H19FN2O. The lowest BCUT2D eigenvalue weighted by Gasteiger charge is -2.12. The molecule has 0 atom stereocenters. The highest BCUT2D eigenvalue weighted by atomic mass is 19.1. The molecule has 0 aliphatic rings. The predicted octanol–water partition coefficient (Wildman–Crippen LogP) is 3.62. The highest BCUT2D eigenvalue weighted by molar-refractivity contribution is 5.92. The minimum Gasteiger partial charge on any atom is -0.494 e. The smallest absolute Gasteiger partial charge is 0.167 e. The molecule has 0 saturated heterocycles. The van der Waals surface area contributed by atoms with Crippen molar-refractivity contribution < 1.29 is 9.13 Å². The van der Waals surface area contributed by atoms with Crippen LogP contribution >= 0.6 is 0 Å². The van der Waals surface area contributed by atoms with Crippen molar-refractivity contribution in [3.8, 4) is 5.75 Å². The number of nitrogens with zero attached hydrogens (tertiary/aromatic N) is 1. The molecule has 0 bridgehead atoms. The second-order valence-corrected chi connectivity index (χ2v) is 5.01. The van der Waals surface area contributed by atoms with Crippen LogP contribution in [-0.2, 0) is 6.42 Å². The molecule has 0 spiro atoms. The number of anilines is 1. The van der Waals surface area contributed by atoms with Gasteiger partial charge in [0.05, 0.1) is 12.6 Å². The molecule has 1 heterocycles. The van der Waals surface area contributed by atoms with Gasteiger partial charge in [0.1, 0.15) is 0 Å². The summed E-state index contributed by atoms with van der Waals surface area (Å²) < 4.78 is 18.8. The number of fused-ring (bicyclic) bond motifs is 1. The molecule has 0 fully saturated rings. The SMILES string of the molecule is CNc1cc(CC(C)C)nc2cc(F)c(OC)cc12. The summed E-state index contributed by atoms with van der Waals surface area (Å²) in [6.07, 6.45) is 0.873. The zero-order valence-electron chi connectivity index (χ0n) is 11.7. The van der Waals surface area contributed by atoms with E-state index in [4.69, 9.17) is 4.74 Å². The van der Waals surface area contributed by atoms with Crippen molar-refractivity contribution in [1.29, 1.82) is 0 Å². The van der Waals surface area contributed by atoms with Crippen LogP contribution in [0.1, 0.15) is 19.5 Å². The summed E-state index contributed by atoms with van der Waals surface area (Å²) in [5.74, 6) is 0.367. The zero-order chi connectivity index (χ0) is 14.0. The van der Waals surface area contributed by atoms with Crippen LogP contribution in [0, 0.1) is 11.7 Å². The van der Waals surface area contributed by atoms with Gasteiger partial charge in [0.15, 0.2) is 11.6 Å². The highest BCUT2D eigenvalue weighted by Crippen LogP contribution is 2.29. The van der Waals surface area contributed by atoms with Crippen LogP contribution < -0.4 is 10.1 Å². The van der Waals surface area contributed by atoms with Crippen molar-refractivity contribution in [3.63, 3.8) is 0 Å². The van der Waals surface area contributed by atoms with Gasteiger partial charge >= 0.3 is 0 Å². The first-order valence-corrected chi connectivity index (χ1v) is 6.40. The summed E-state index contributed by atoms with van der Waals surface area (Å²) in [7, 11) is 3.31. The molecule has 0 amide bonds. The Labute approximate surface area is 112 Å². The van der Waals surface area contributed by atoms with Crippen LogP contribution in [0.2, 0.25) is 0 Å². The highest BCUT2D eigenvalue weighted by Gasteiger charge is 2.11. The third-order valence-corrected chi connectivity index (χ3v) is 3.02. The topological polar surface area (TPSA) is 34.2 Å². The Bertz CT molecular complexity index is 596. The molecule has 102 valence electrons.